The number of alkyl halides is 1. The minimum atomic E-state index is -1.38. The molecule has 4 nitrogen and oxygen atoms in total. The Morgan fingerprint density at radius 2 is 1.46 bits per heavy atom. The third-order valence-corrected chi connectivity index (χ3v) is 7.14. The maximum atomic E-state index is 16.1. The molecule has 6 heteroatoms. The lowest BCUT2D eigenvalue weighted by Crippen LogP contribution is -2.39. The smallest absolute Gasteiger partial charge is 0.163 e. The molecule has 0 spiro atoms. The molecule has 6 rings (SSSR count). The summed E-state index contributed by atoms with van der Waals surface area (Å²) in [6.45, 7) is 2.84. The lowest BCUT2D eigenvalue weighted by Gasteiger charge is -2.37. The normalized spacial score (nSPS) is 18.9. The van der Waals surface area contributed by atoms with Crippen LogP contribution < -0.4 is 10.6 Å². The molecule has 3 heterocycles. The van der Waals surface area contributed by atoms with E-state index >= 15 is 4.39 Å². The minimum Gasteiger partial charge on any atom is -0.341 e. The molecule has 3 aromatic carbocycles. The fourth-order valence-electron chi connectivity index (χ4n) is 5.30. The van der Waals surface area contributed by atoms with Crippen LogP contribution in [0.1, 0.15) is 48.7 Å². The van der Waals surface area contributed by atoms with E-state index in [0.29, 0.717) is 6.04 Å². The second-order valence-corrected chi connectivity index (χ2v) is 9.40. The van der Waals surface area contributed by atoms with Gasteiger partial charge in [0, 0.05) is 5.92 Å². The Hall–Kier alpha value is -3.09. The number of rotatable bonds is 4. The fraction of sp³-hybridized carbons (Fsp3) is 0.345. The number of piperidine rings is 1. The van der Waals surface area contributed by atoms with E-state index in [1.54, 1.807) is 6.07 Å². The number of aromatic amines is 1. The first-order valence-corrected chi connectivity index (χ1v) is 12.5. The summed E-state index contributed by atoms with van der Waals surface area (Å²) in [4.78, 5) is 7.62. The topological polar surface area (TPSA) is 52.7 Å². The van der Waals surface area contributed by atoms with Crippen LogP contribution in [0.5, 0.6) is 0 Å². The summed E-state index contributed by atoms with van der Waals surface area (Å²) in [6, 6.07) is 24.2. The van der Waals surface area contributed by atoms with E-state index in [4.69, 9.17) is 0 Å². The monoisotopic (exact) mass is 474 g/mol. The molecular weight excluding hydrogens is 442 g/mol. The van der Waals surface area contributed by atoms with Gasteiger partial charge in [0.05, 0.1) is 17.1 Å². The van der Waals surface area contributed by atoms with Gasteiger partial charge in [0.25, 0.3) is 0 Å². The largest absolute Gasteiger partial charge is 0.341 e. The van der Waals surface area contributed by atoms with E-state index < -0.39 is 5.67 Å². The van der Waals surface area contributed by atoms with Crippen molar-refractivity contribution in [3.8, 4) is 0 Å². The van der Waals surface area contributed by atoms with Gasteiger partial charge < -0.3 is 15.6 Å². The Bertz CT molecular complexity index is 1170. The highest BCUT2D eigenvalue weighted by Crippen LogP contribution is 2.44. The average Bonchev–Trinajstić information content (AvgIpc) is 3.60. The summed E-state index contributed by atoms with van der Waals surface area (Å²) >= 11 is 0. The first kappa shape index (κ1) is 23.6. The van der Waals surface area contributed by atoms with Crippen LogP contribution in [0, 0.1) is 11.7 Å². The van der Waals surface area contributed by atoms with Gasteiger partial charge in [-0.15, -0.1) is 0 Å². The van der Waals surface area contributed by atoms with Crippen LogP contribution in [-0.4, -0.2) is 29.6 Å². The number of fused-ring (bicyclic) bond motifs is 1. The first-order valence-electron chi connectivity index (χ1n) is 12.5. The van der Waals surface area contributed by atoms with Gasteiger partial charge in [-0.05, 0) is 74.6 Å². The van der Waals surface area contributed by atoms with Crippen molar-refractivity contribution in [1.82, 2.24) is 20.6 Å². The molecule has 4 aromatic rings. The van der Waals surface area contributed by atoms with Crippen molar-refractivity contribution in [3.05, 3.63) is 102 Å². The summed E-state index contributed by atoms with van der Waals surface area (Å²) in [7, 11) is 0. The standard InChI is InChI=1S/C18H20FN.C11H12FN3/c19-18(15-7-3-1-4-8-15,16-9-5-2-6-10-16)17-11-13-20-14-12-17;12-7-3-4-8-10(6-7)15-11(14-8)9-2-1-5-13-9/h1-10,17,20H,11-14H2;3-4,6,9,13H,1-2,5H2,(H,14,15)/t;9-/m.0/s1. The Morgan fingerprint density at radius 1 is 0.800 bits per heavy atom. The van der Waals surface area contributed by atoms with Crippen molar-refractivity contribution in [1.29, 1.82) is 0 Å². The molecule has 0 bridgehead atoms. The van der Waals surface area contributed by atoms with Crippen LogP contribution in [0.4, 0.5) is 8.78 Å². The maximum absolute atomic E-state index is 16.1. The molecule has 2 fully saturated rings. The third-order valence-electron chi connectivity index (χ3n) is 7.14. The number of benzene rings is 3. The molecular formula is C29H32F2N4. The van der Waals surface area contributed by atoms with E-state index in [1.807, 2.05) is 60.7 Å². The summed E-state index contributed by atoms with van der Waals surface area (Å²) in [5.41, 5.74) is 1.78. The maximum Gasteiger partial charge on any atom is 0.163 e. The Balaban J connectivity index is 0.000000151. The Labute approximate surface area is 205 Å². The Kier molecular flexibility index (Phi) is 7.21. The third kappa shape index (κ3) is 5.14. The molecule has 0 aliphatic carbocycles. The molecule has 0 saturated carbocycles. The van der Waals surface area contributed by atoms with E-state index in [0.717, 1.165) is 66.9 Å². The van der Waals surface area contributed by atoms with Crippen LogP contribution in [0.2, 0.25) is 0 Å². The van der Waals surface area contributed by atoms with Crippen molar-refractivity contribution < 1.29 is 8.78 Å². The van der Waals surface area contributed by atoms with Crippen LogP contribution in [0.3, 0.4) is 0 Å². The highest BCUT2D eigenvalue weighted by molar-refractivity contribution is 5.75. The summed E-state index contributed by atoms with van der Waals surface area (Å²) < 4.78 is 29.1. The zero-order valence-corrected chi connectivity index (χ0v) is 19.8. The number of halogens is 2. The molecule has 1 atom stereocenters. The molecule has 0 unspecified atom stereocenters. The number of aromatic nitrogens is 2. The van der Waals surface area contributed by atoms with Crippen molar-refractivity contribution in [3.63, 3.8) is 0 Å². The van der Waals surface area contributed by atoms with E-state index in [9.17, 15) is 4.39 Å². The van der Waals surface area contributed by atoms with E-state index in [2.05, 4.69) is 20.6 Å². The van der Waals surface area contributed by atoms with Crippen molar-refractivity contribution >= 4 is 11.0 Å². The number of nitrogens with zero attached hydrogens (tertiary/aromatic N) is 1. The molecule has 35 heavy (non-hydrogen) atoms. The number of hydrogen-bond acceptors (Lipinski definition) is 3. The second-order valence-electron chi connectivity index (χ2n) is 9.40. The van der Waals surface area contributed by atoms with Gasteiger partial charge in [0.2, 0.25) is 0 Å². The van der Waals surface area contributed by atoms with Gasteiger partial charge in [-0.1, -0.05) is 60.7 Å². The molecule has 0 radical (unpaired) electrons. The van der Waals surface area contributed by atoms with Gasteiger partial charge in [-0.3, -0.25) is 0 Å². The predicted molar refractivity (Wildman–Crippen MR) is 136 cm³/mol. The zero-order chi connectivity index (χ0) is 24.1. The molecule has 182 valence electrons. The Morgan fingerprint density at radius 3 is 2.06 bits per heavy atom. The number of hydrogen-bond donors (Lipinski definition) is 3. The molecule has 2 aliphatic rings. The second kappa shape index (κ2) is 10.7. The van der Waals surface area contributed by atoms with E-state index in [1.165, 1.54) is 18.6 Å². The SMILES string of the molecule is FC(c1ccccc1)(c1ccccc1)C1CCNCC1.Fc1ccc2nc([C@@H]3CCCN3)[nH]c2c1. The molecule has 0 amide bonds. The zero-order valence-electron chi connectivity index (χ0n) is 19.8. The van der Waals surface area contributed by atoms with Crippen LogP contribution >= 0.6 is 0 Å². The van der Waals surface area contributed by atoms with E-state index in [-0.39, 0.29) is 11.7 Å². The van der Waals surface area contributed by atoms with Crippen LogP contribution in [-0.2, 0) is 5.67 Å². The highest BCUT2D eigenvalue weighted by Gasteiger charge is 2.42. The fourth-order valence-corrected chi connectivity index (χ4v) is 5.30. The summed E-state index contributed by atoms with van der Waals surface area (Å²) in [6.07, 6.45) is 4.03. The molecule has 1 aromatic heterocycles. The number of imidazole rings is 1. The lowest BCUT2D eigenvalue weighted by molar-refractivity contribution is 0.100. The molecule has 2 saturated heterocycles. The number of nitrogens with one attached hydrogen (secondary N) is 3. The van der Waals surface area contributed by atoms with Gasteiger partial charge in [0.1, 0.15) is 11.6 Å². The minimum absolute atomic E-state index is 0.0357. The molecule has 2 aliphatic heterocycles. The van der Waals surface area contributed by atoms with Crippen molar-refractivity contribution in [2.24, 2.45) is 5.92 Å². The average molecular weight is 475 g/mol. The summed E-state index contributed by atoms with van der Waals surface area (Å²) in [5.74, 6) is 0.735. The predicted octanol–water partition coefficient (Wildman–Crippen LogP) is 6.03. The molecule has 3 N–H and O–H groups in total. The first-order chi connectivity index (χ1) is 17.1. The van der Waals surface area contributed by atoms with Crippen molar-refractivity contribution in [2.45, 2.75) is 37.4 Å². The van der Waals surface area contributed by atoms with Crippen LogP contribution in [0.15, 0.2) is 78.9 Å². The quantitative estimate of drug-likeness (QED) is 0.339. The van der Waals surface area contributed by atoms with Gasteiger partial charge >= 0.3 is 0 Å². The van der Waals surface area contributed by atoms with Gasteiger partial charge in [0.15, 0.2) is 5.67 Å². The summed E-state index contributed by atoms with van der Waals surface area (Å²) in [5, 5.41) is 6.68. The lowest BCUT2D eigenvalue weighted by atomic mass is 9.74. The van der Waals surface area contributed by atoms with Gasteiger partial charge in [-0.2, -0.15) is 0 Å². The van der Waals surface area contributed by atoms with Crippen molar-refractivity contribution in [2.75, 3.05) is 19.6 Å². The number of H-pyrrole nitrogens is 1. The van der Waals surface area contributed by atoms with Gasteiger partial charge in [-0.25, -0.2) is 13.8 Å². The van der Waals surface area contributed by atoms with Crippen LogP contribution in [0.25, 0.3) is 11.0 Å². The highest BCUT2D eigenvalue weighted by atomic mass is 19.1.